The van der Waals surface area contributed by atoms with Gasteiger partial charge in [-0.05, 0) is 51.4 Å². The molecule has 1 N–H and O–H groups in total. The molecule has 0 aromatic heterocycles. The zero-order valence-corrected chi connectivity index (χ0v) is 52.3. The Kier molecular flexibility index (Phi) is 66.7. The summed E-state index contributed by atoms with van der Waals surface area (Å²) in [4.78, 5) is 24.6. The average molecular weight is 1080 g/mol. The first-order valence-corrected chi connectivity index (χ1v) is 35.0. The molecule has 77 heavy (non-hydrogen) atoms. The topological polar surface area (TPSA) is 72.8 Å². The minimum atomic E-state index is -0.772. The smallest absolute Gasteiger partial charge is 0.306 e. The summed E-state index contributed by atoms with van der Waals surface area (Å²) in [6.45, 7) is 4.19. The molecule has 0 aliphatic rings. The normalized spacial score (nSPS) is 12.3. The molecule has 0 heterocycles. The van der Waals surface area contributed by atoms with Crippen molar-refractivity contribution < 1.29 is 24.2 Å². The van der Waals surface area contributed by atoms with Crippen molar-refractivity contribution in [2.75, 3.05) is 13.2 Å². The van der Waals surface area contributed by atoms with Gasteiger partial charge >= 0.3 is 11.9 Å². The maximum atomic E-state index is 12.4. The standard InChI is InChI=1S/C72H136O5/c1-3-5-7-9-11-13-15-17-19-21-23-25-27-29-31-32-33-34-35-36-37-38-39-41-42-44-46-48-50-52-54-56-58-60-62-64-66-71(74)76-69-70(68-73)77-72(75)67-65-63-61-59-57-55-53-51-49-47-45-43-40-30-28-26-24-22-20-18-16-14-12-10-8-6-4-2/h16,18,22,24,28,30,70,73H,3-15,17,19-21,23,25-27,29,31-69H2,1-2H3/b18-16-,24-22-,30-28-. The number of esters is 2. The van der Waals surface area contributed by atoms with Gasteiger partial charge in [0.1, 0.15) is 6.61 Å². The molecule has 0 saturated carbocycles. The Morgan fingerprint density at radius 2 is 0.519 bits per heavy atom. The fraction of sp³-hybridized carbons (Fsp3) is 0.889. The molecule has 0 aliphatic carbocycles. The van der Waals surface area contributed by atoms with Gasteiger partial charge in [-0.2, -0.15) is 0 Å². The number of aliphatic hydroxyl groups excluding tert-OH is 1. The number of ether oxygens (including phenoxy) is 2. The zero-order chi connectivity index (χ0) is 55.5. The SMILES string of the molecule is CCCCCCC/C=C\C/C=C\C/C=C\CCCCCCCCCCCCCCC(=O)OC(CO)COC(=O)CCCCCCCCCCCCCCCCCCCCCCCCCCCCCCCCCCCCCC. The number of carbonyl (C=O) groups excluding carboxylic acids is 2. The molecule has 0 radical (unpaired) electrons. The first-order chi connectivity index (χ1) is 38.1. The Balaban J connectivity index is 3.38. The lowest BCUT2D eigenvalue weighted by Crippen LogP contribution is -2.28. The van der Waals surface area contributed by atoms with E-state index in [2.05, 4.69) is 50.3 Å². The van der Waals surface area contributed by atoms with Crippen molar-refractivity contribution in [2.24, 2.45) is 0 Å². The molecular formula is C72H136O5. The first kappa shape index (κ1) is 75.1. The number of hydrogen-bond acceptors (Lipinski definition) is 5. The first-order valence-electron chi connectivity index (χ1n) is 35.0. The van der Waals surface area contributed by atoms with E-state index in [0.717, 1.165) is 44.9 Å². The Labute approximate surface area is 482 Å². The third-order valence-electron chi connectivity index (χ3n) is 16.2. The number of carbonyl (C=O) groups is 2. The van der Waals surface area contributed by atoms with Crippen molar-refractivity contribution in [3.05, 3.63) is 36.5 Å². The molecule has 1 unspecified atom stereocenters. The van der Waals surface area contributed by atoms with Gasteiger partial charge in [0.05, 0.1) is 6.61 Å². The highest BCUT2D eigenvalue weighted by Crippen LogP contribution is 2.19. The molecule has 454 valence electrons. The van der Waals surface area contributed by atoms with Crippen LogP contribution in [0.3, 0.4) is 0 Å². The second-order valence-electron chi connectivity index (χ2n) is 24.0. The van der Waals surface area contributed by atoms with Gasteiger partial charge in [-0.3, -0.25) is 9.59 Å². The highest BCUT2D eigenvalue weighted by Gasteiger charge is 2.16. The number of allylic oxidation sites excluding steroid dienone is 6. The van der Waals surface area contributed by atoms with Crippen LogP contribution >= 0.6 is 0 Å². The summed E-state index contributed by atoms with van der Waals surface area (Å²) in [7, 11) is 0. The maximum Gasteiger partial charge on any atom is 0.306 e. The Bertz CT molecular complexity index is 1220. The molecule has 0 rings (SSSR count). The summed E-state index contributed by atoms with van der Waals surface area (Å²) in [6, 6.07) is 0. The van der Waals surface area contributed by atoms with Crippen LogP contribution in [0, 0.1) is 0 Å². The van der Waals surface area contributed by atoms with Gasteiger partial charge in [-0.15, -0.1) is 0 Å². The number of hydrogen-bond donors (Lipinski definition) is 1. The van der Waals surface area contributed by atoms with Gasteiger partial charge in [0, 0.05) is 12.8 Å². The van der Waals surface area contributed by atoms with E-state index in [1.165, 1.54) is 321 Å². The van der Waals surface area contributed by atoms with Crippen molar-refractivity contribution in [3.63, 3.8) is 0 Å². The van der Waals surface area contributed by atoms with Crippen LogP contribution < -0.4 is 0 Å². The number of rotatable bonds is 66. The summed E-state index contributed by atoms with van der Waals surface area (Å²) in [5.74, 6) is -0.571. The van der Waals surface area contributed by atoms with Crippen LogP contribution in [0.1, 0.15) is 393 Å². The minimum Gasteiger partial charge on any atom is -0.462 e. The predicted molar refractivity (Wildman–Crippen MR) is 339 cm³/mol. The predicted octanol–water partition coefficient (Wildman–Crippen LogP) is 24.2. The van der Waals surface area contributed by atoms with Crippen LogP contribution in [-0.2, 0) is 19.1 Å². The van der Waals surface area contributed by atoms with Crippen LogP contribution in [-0.4, -0.2) is 36.4 Å². The van der Waals surface area contributed by atoms with E-state index in [1.54, 1.807) is 0 Å². The van der Waals surface area contributed by atoms with Crippen molar-refractivity contribution in [2.45, 2.75) is 399 Å². The van der Waals surface area contributed by atoms with Gasteiger partial charge in [0.2, 0.25) is 0 Å². The highest BCUT2D eigenvalue weighted by molar-refractivity contribution is 5.70. The minimum absolute atomic E-state index is 0.0614. The Morgan fingerprint density at radius 1 is 0.299 bits per heavy atom. The highest BCUT2D eigenvalue weighted by atomic mass is 16.6. The molecule has 0 aromatic carbocycles. The molecule has 0 spiro atoms. The van der Waals surface area contributed by atoms with Crippen molar-refractivity contribution in [1.82, 2.24) is 0 Å². The molecule has 1 atom stereocenters. The molecule has 0 bridgehead atoms. The molecule has 0 aliphatic heterocycles. The molecule has 0 saturated heterocycles. The number of unbranched alkanes of at least 4 members (excludes halogenated alkanes) is 52. The second-order valence-corrected chi connectivity index (χ2v) is 24.0. The lowest BCUT2D eigenvalue weighted by molar-refractivity contribution is -0.161. The zero-order valence-electron chi connectivity index (χ0n) is 52.3. The lowest BCUT2D eigenvalue weighted by Gasteiger charge is -2.15. The third-order valence-corrected chi connectivity index (χ3v) is 16.2. The van der Waals surface area contributed by atoms with Crippen molar-refractivity contribution >= 4 is 11.9 Å². The molecule has 5 nitrogen and oxygen atoms in total. The molecular weight excluding hydrogens is 945 g/mol. The Hall–Kier alpha value is -1.88. The fourth-order valence-corrected chi connectivity index (χ4v) is 10.9. The van der Waals surface area contributed by atoms with E-state index in [0.29, 0.717) is 12.8 Å². The van der Waals surface area contributed by atoms with E-state index < -0.39 is 6.10 Å². The quantitative estimate of drug-likeness (QED) is 0.0373. The molecule has 0 aromatic rings. The van der Waals surface area contributed by atoms with Gasteiger partial charge in [-0.1, -0.05) is 365 Å². The van der Waals surface area contributed by atoms with E-state index >= 15 is 0 Å². The fourth-order valence-electron chi connectivity index (χ4n) is 10.9. The van der Waals surface area contributed by atoms with E-state index in [-0.39, 0.29) is 25.2 Å². The summed E-state index contributed by atoms with van der Waals surface area (Å²) in [6.07, 6.45) is 90.5. The van der Waals surface area contributed by atoms with Crippen molar-refractivity contribution in [3.8, 4) is 0 Å². The second kappa shape index (κ2) is 68.4. The summed E-state index contributed by atoms with van der Waals surface area (Å²) in [5, 5.41) is 9.70. The van der Waals surface area contributed by atoms with E-state index in [9.17, 15) is 14.7 Å². The van der Waals surface area contributed by atoms with Gasteiger partial charge < -0.3 is 14.6 Å². The van der Waals surface area contributed by atoms with Crippen LogP contribution in [0.2, 0.25) is 0 Å². The maximum absolute atomic E-state index is 12.4. The average Bonchev–Trinajstić information content (AvgIpc) is 3.43. The van der Waals surface area contributed by atoms with Crippen LogP contribution in [0.5, 0.6) is 0 Å². The van der Waals surface area contributed by atoms with Gasteiger partial charge in [0.25, 0.3) is 0 Å². The van der Waals surface area contributed by atoms with Crippen LogP contribution in [0.15, 0.2) is 36.5 Å². The molecule has 5 heteroatoms. The van der Waals surface area contributed by atoms with E-state index in [4.69, 9.17) is 9.47 Å². The summed E-state index contributed by atoms with van der Waals surface area (Å²) < 4.78 is 10.8. The lowest BCUT2D eigenvalue weighted by atomic mass is 10.0. The van der Waals surface area contributed by atoms with Gasteiger partial charge in [0.15, 0.2) is 6.10 Å². The van der Waals surface area contributed by atoms with E-state index in [1.807, 2.05) is 0 Å². The van der Waals surface area contributed by atoms with Crippen LogP contribution in [0.4, 0.5) is 0 Å². The summed E-state index contributed by atoms with van der Waals surface area (Å²) in [5.41, 5.74) is 0. The van der Waals surface area contributed by atoms with Crippen LogP contribution in [0.25, 0.3) is 0 Å². The van der Waals surface area contributed by atoms with Crippen molar-refractivity contribution in [1.29, 1.82) is 0 Å². The summed E-state index contributed by atoms with van der Waals surface area (Å²) >= 11 is 0. The largest absolute Gasteiger partial charge is 0.462 e. The number of aliphatic hydroxyl groups is 1. The molecule has 0 amide bonds. The third kappa shape index (κ3) is 66.5. The molecule has 0 fully saturated rings. The monoisotopic (exact) mass is 1080 g/mol. The Morgan fingerprint density at radius 3 is 0.779 bits per heavy atom. The van der Waals surface area contributed by atoms with Gasteiger partial charge in [-0.25, -0.2) is 0 Å².